The van der Waals surface area contributed by atoms with Gasteiger partial charge in [0.15, 0.2) is 5.82 Å². The Labute approximate surface area is 188 Å². The Balaban J connectivity index is 2.24. The lowest BCUT2D eigenvalue weighted by atomic mass is 9.93. The third-order valence-corrected chi connectivity index (χ3v) is 5.58. The Morgan fingerprint density at radius 3 is 2.16 bits per heavy atom. The smallest absolute Gasteiger partial charge is 0.168 e. The first kappa shape index (κ1) is 23.2. The summed E-state index contributed by atoms with van der Waals surface area (Å²) in [5, 5.41) is 9.43. The molecule has 31 heavy (non-hydrogen) atoms. The highest BCUT2D eigenvalue weighted by Gasteiger charge is 2.27. The number of nitrogens with zero attached hydrogens (tertiary/aromatic N) is 3. The van der Waals surface area contributed by atoms with Crippen LogP contribution in [0.1, 0.15) is 77.9 Å². The minimum absolute atomic E-state index is 0.112. The minimum Gasteiger partial charge on any atom is -0.278 e. The largest absolute Gasteiger partial charge is 0.278 e. The van der Waals surface area contributed by atoms with Crippen LogP contribution < -0.4 is 0 Å². The van der Waals surface area contributed by atoms with E-state index in [2.05, 4.69) is 102 Å². The highest BCUT2D eigenvalue weighted by atomic mass is 15.3. The molecule has 0 aliphatic rings. The van der Waals surface area contributed by atoms with Gasteiger partial charge in [0.1, 0.15) is 5.82 Å². The van der Waals surface area contributed by atoms with Crippen LogP contribution in [-0.4, -0.2) is 14.8 Å². The molecule has 0 unspecified atom stereocenters. The van der Waals surface area contributed by atoms with E-state index in [0.717, 1.165) is 36.5 Å². The van der Waals surface area contributed by atoms with E-state index in [-0.39, 0.29) is 5.41 Å². The topological polar surface area (TPSA) is 30.7 Å². The fourth-order valence-electron chi connectivity index (χ4n) is 4.17. The molecule has 0 fully saturated rings. The third kappa shape index (κ3) is 5.44. The minimum atomic E-state index is -0.112. The van der Waals surface area contributed by atoms with Crippen LogP contribution in [0, 0.1) is 11.8 Å². The first-order chi connectivity index (χ1) is 14.6. The molecule has 0 atom stereocenters. The molecule has 3 rings (SSSR count). The normalized spacial score (nSPS) is 12.2. The predicted molar refractivity (Wildman–Crippen MR) is 132 cm³/mol. The van der Waals surface area contributed by atoms with Crippen LogP contribution in [0.25, 0.3) is 17.1 Å². The fraction of sp³-hybridized carbons (Fsp3) is 0.500. The maximum Gasteiger partial charge on any atom is 0.168 e. The quantitative estimate of drug-likeness (QED) is 0.407. The van der Waals surface area contributed by atoms with Crippen LogP contribution in [0.3, 0.4) is 0 Å². The molecule has 0 N–H and O–H groups in total. The standard InChI is InChI=1S/C28H39N3/c1-9-21-13-14-25(24(17-21)16-20(4)5)31-26(29-30-27(31)28(6,7)8)23-12-10-11-22(18-23)15-19(2)3/h10-14,17-20H,9,15-16H2,1-8H3. The van der Waals surface area contributed by atoms with Crippen LogP contribution in [0.5, 0.6) is 0 Å². The summed E-state index contributed by atoms with van der Waals surface area (Å²) >= 11 is 0. The van der Waals surface area contributed by atoms with E-state index in [1.807, 2.05) is 0 Å². The van der Waals surface area contributed by atoms with E-state index in [1.54, 1.807) is 0 Å². The van der Waals surface area contributed by atoms with E-state index >= 15 is 0 Å². The van der Waals surface area contributed by atoms with Gasteiger partial charge < -0.3 is 0 Å². The molecule has 3 heteroatoms. The van der Waals surface area contributed by atoms with Gasteiger partial charge in [0, 0.05) is 11.0 Å². The van der Waals surface area contributed by atoms with Crippen molar-refractivity contribution in [1.82, 2.24) is 14.8 Å². The first-order valence-corrected chi connectivity index (χ1v) is 11.8. The molecule has 3 aromatic rings. The SMILES string of the molecule is CCc1ccc(-n2c(-c3cccc(CC(C)C)c3)nnc2C(C)(C)C)c(CC(C)C)c1. The van der Waals surface area contributed by atoms with Gasteiger partial charge in [-0.25, -0.2) is 0 Å². The molecular weight excluding hydrogens is 378 g/mol. The van der Waals surface area contributed by atoms with Crippen molar-refractivity contribution in [2.75, 3.05) is 0 Å². The van der Waals surface area contributed by atoms with Gasteiger partial charge in [0.25, 0.3) is 0 Å². The van der Waals surface area contributed by atoms with Gasteiger partial charge in [0.05, 0.1) is 5.69 Å². The molecule has 166 valence electrons. The van der Waals surface area contributed by atoms with Crippen LogP contribution >= 0.6 is 0 Å². The summed E-state index contributed by atoms with van der Waals surface area (Å²) in [6.45, 7) is 18.0. The molecule has 1 aromatic heterocycles. The third-order valence-electron chi connectivity index (χ3n) is 5.58. The molecule has 0 amide bonds. The number of rotatable bonds is 7. The lowest BCUT2D eigenvalue weighted by molar-refractivity contribution is 0.532. The second-order valence-corrected chi connectivity index (χ2v) is 10.6. The summed E-state index contributed by atoms with van der Waals surface area (Å²) in [5.74, 6) is 3.14. The van der Waals surface area contributed by atoms with Crippen molar-refractivity contribution >= 4 is 0 Å². The van der Waals surface area contributed by atoms with E-state index < -0.39 is 0 Å². The van der Waals surface area contributed by atoms with Gasteiger partial charge in [-0.2, -0.15) is 0 Å². The number of benzene rings is 2. The zero-order valence-electron chi connectivity index (χ0n) is 20.7. The van der Waals surface area contributed by atoms with Crippen LogP contribution in [0.4, 0.5) is 0 Å². The Morgan fingerprint density at radius 2 is 1.55 bits per heavy atom. The van der Waals surface area contributed by atoms with E-state index in [9.17, 15) is 0 Å². The first-order valence-electron chi connectivity index (χ1n) is 11.8. The van der Waals surface area contributed by atoms with Crippen LogP contribution in [0.15, 0.2) is 42.5 Å². The van der Waals surface area contributed by atoms with Crippen molar-refractivity contribution in [3.63, 3.8) is 0 Å². The summed E-state index contributed by atoms with van der Waals surface area (Å²) in [4.78, 5) is 0. The molecule has 0 radical (unpaired) electrons. The molecule has 0 spiro atoms. The Hall–Kier alpha value is -2.42. The Morgan fingerprint density at radius 1 is 0.839 bits per heavy atom. The van der Waals surface area contributed by atoms with Crippen molar-refractivity contribution in [1.29, 1.82) is 0 Å². The molecular formula is C28H39N3. The predicted octanol–water partition coefficient (Wildman–Crippen LogP) is 7.19. The second-order valence-electron chi connectivity index (χ2n) is 10.6. The maximum atomic E-state index is 4.73. The molecule has 0 saturated heterocycles. The molecule has 0 aliphatic heterocycles. The van der Waals surface area contributed by atoms with E-state index in [4.69, 9.17) is 10.2 Å². The van der Waals surface area contributed by atoms with Crippen molar-refractivity contribution in [3.8, 4) is 17.1 Å². The van der Waals surface area contributed by atoms with Crippen molar-refractivity contribution in [2.24, 2.45) is 11.8 Å². The van der Waals surface area contributed by atoms with Crippen molar-refractivity contribution in [2.45, 2.75) is 80.1 Å². The van der Waals surface area contributed by atoms with Crippen molar-refractivity contribution < 1.29 is 0 Å². The van der Waals surface area contributed by atoms with Crippen LogP contribution in [-0.2, 0) is 24.7 Å². The van der Waals surface area contributed by atoms with Gasteiger partial charge in [-0.1, -0.05) is 85.7 Å². The number of aromatic nitrogens is 3. The van der Waals surface area contributed by atoms with Gasteiger partial charge in [-0.3, -0.25) is 4.57 Å². The highest BCUT2D eigenvalue weighted by molar-refractivity contribution is 5.61. The highest BCUT2D eigenvalue weighted by Crippen LogP contribution is 2.32. The van der Waals surface area contributed by atoms with Crippen molar-refractivity contribution in [3.05, 3.63) is 65.0 Å². The monoisotopic (exact) mass is 417 g/mol. The number of hydrogen-bond donors (Lipinski definition) is 0. The zero-order valence-corrected chi connectivity index (χ0v) is 20.7. The second kappa shape index (κ2) is 9.38. The van der Waals surface area contributed by atoms with Gasteiger partial charge in [-0.05, 0) is 59.9 Å². The Kier molecular flexibility index (Phi) is 7.03. The summed E-state index contributed by atoms with van der Waals surface area (Å²) < 4.78 is 2.31. The number of aryl methyl sites for hydroxylation is 1. The Bertz CT molecular complexity index is 1020. The van der Waals surface area contributed by atoms with E-state index in [1.165, 1.54) is 22.4 Å². The zero-order chi connectivity index (χ0) is 22.8. The summed E-state index contributed by atoms with van der Waals surface area (Å²) in [7, 11) is 0. The maximum absolute atomic E-state index is 4.73. The molecule has 3 nitrogen and oxygen atoms in total. The number of hydrogen-bond acceptors (Lipinski definition) is 2. The average molecular weight is 418 g/mol. The molecule has 2 aromatic carbocycles. The van der Waals surface area contributed by atoms with Crippen LogP contribution in [0.2, 0.25) is 0 Å². The molecule has 0 saturated carbocycles. The molecule has 0 bridgehead atoms. The van der Waals surface area contributed by atoms with Gasteiger partial charge in [-0.15, -0.1) is 10.2 Å². The lowest BCUT2D eigenvalue weighted by Crippen LogP contribution is -2.20. The van der Waals surface area contributed by atoms with Gasteiger partial charge >= 0.3 is 0 Å². The molecule has 1 heterocycles. The average Bonchev–Trinajstić information content (AvgIpc) is 3.12. The van der Waals surface area contributed by atoms with Gasteiger partial charge in [0.2, 0.25) is 0 Å². The fourth-order valence-corrected chi connectivity index (χ4v) is 4.17. The summed E-state index contributed by atoms with van der Waals surface area (Å²) in [6, 6.07) is 15.7. The summed E-state index contributed by atoms with van der Waals surface area (Å²) in [5.41, 5.74) is 6.34. The van der Waals surface area contributed by atoms with E-state index in [0.29, 0.717) is 11.8 Å². The lowest BCUT2D eigenvalue weighted by Gasteiger charge is -2.23. The summed E-state index contributed by atoms with van der Waals surface area (Å²) in [6.07, 6.45) is 3.15. The molecule has 0 aliphatic carbocycles.